The van der Waals surface area contributed by atoms with Crippen LogP contribution in [0.1, 0.15) is 28.0 Å². The Morgan fingerprint density at radius 3 is 2.57 bits per heavy atom. The molecule has 0 amide bonds. The first-order chi connectivity index (χ1) is 6.45. The Bertz CT molecular complexity index is 382. The van der Waals surface area contributed by atoms with E-state index in [0.717, 1.165) is 0 Å². The first kappa shape index (κ1) is 11.0. The summed E-state index contributed by atoms with van der Waals surface area (Å²) in [6, 6.07) is 0. The van der Waals surface area contributed by atoms with Crippen molar-refractivity contribution >= 4 is 21.9 Å². The summed E-state index contributed by atoms with van der Waals surface area (Å²) in [5, 5.41) is 8.73. The minimum absolute atomic E-state index is 0.00972. The lowest BCUT2D eigenvalue weighted by atomic mass is 10.1. The minimum atomic E-state index is -2.84. The standard InChI is InChI=1S/C8H6BrF2NO2/c1-3-5(8(13)14)6(7(10)11)4(9)2-12-3/h2,7H,1H3,(H,13,14). The van der Waals surface area contributed by atoms with Gasteiger partial charge >= 0.3 is 5.97 Å². The monoisotopic (exact) mass is 265 g/mol. The molecule has 0 unspecified atom stereocenters. The summed E-state index contributed by atoms with van der Waals surface area (Å²) in [6.45, 7) is 1.38. The van der Waals surface area contributed by atoms with Gasteiger partial charge in [0.25, 0.3) is 6.43 Å². The van der Waals surface area contributed by atoms with E-state index < -0.39 is 23.5 Å². The zero-order chi connectivity index (χ0) is 10.9. The van der Waals surface area contributed by atoms with E-state index in [1.165, 1.54) is 13.1 Å². The first-order valence-corrected chi connectivity index (χ1v) is 4.41. The lowest BCUT2D eigenvalue weighted by Crippen LogP contribution is -2.08. The van der Waals surface area contributed by atoms with Crippen LogP contribution >= 0.6 is 15.9 Å². The molecule has 0 aromatic carbocycles. The molecular formula is C8H6BrF2NO2. The number of pyridine rings is 1. The summed E-state index contributed by atoms with van der Waals surface area (Å²) in [4.78, 5) is 14.4. The van der Waals surface area contributed by atoms with Gasteiger partial charge in [-0.15, -0.1) is 0 Å². The van der Waals surface area contributed by atoms with Gasteiger partial charge in [-0.2, -0.15) is 0 Å². The van der Waals surface area contributed by atoms with Gasteiger partial charge in [-0.3, -0.25) is 4.98 Å². The highest BCUT2D eigenvalue weighted by atomic mass is 79.9. The molecule has 14 heavy (non-hydrogen) atoms. The number of carboxylic acids is 1. The van der Waals surface area contributed by atoms with E-state index in [2.05, 4.69) is 20.9 Å². The average Bonchev–Trinajstić information content (AvgIpc) is 2.07. The van der Waals surface area contributed by atoms with Crippen LogP contribution in [0.3, 0.4) is 0 Å². The van der Waals surface area contributed by atoms with Gasteiger partial charge in [0.05, 0.1) is 11.3 Å². The number of aryl methyl sites for hydroxylation is 1. The molecule has 1 aromatic heterocycles. The van der Waals surface area contributed by atoms with Gasteiger partial charge < -0.3 is 5.11 Å². The highest BCUT2D eigenvalue weighted by Crippen LogP contribution is 2.31. The number of aromatic nitrogens is 1. The fourth-order valence-corrected chi connectivity index (χ4v) is 1.56. The van der Waals surface area contributed by atoms with Gasteiger partial charge in [-0.1, -0.05) is 0 Å². The van der Waals surface area contributed by atoms with Crippen molar-refractivity contribution in [2.45, 2.75) is 13.3 Å². The van der Waals surface area contributed by atoms with Crippen LogP contribution in [-0.4, -0.2) is 16.1 Å². The molecule has 3 nitrogen and oxygen atoms in total. The van der Waals surface area contributed by atoms with Gasteiger partial charge in [0.1, 0.15) is 0 Å². The zero-order valence-electron chi connectivity index (χ0n) is 7.09. The minimum Gasteiger partial charge on any atom is -0.478 e. The molecule has 6 heteroatoms. The third kappa shape index (κ3) is 1.89. The van der Waals surface area contributed by atoms with Gasteiger partial charge in [-0.25, -0.2) is 13.6 Å². The number of carboxylic acid groups (broad SMARTS) is 1. The molecule has 0 saturated heterocycles. The van der Waals surface area contributed by atoms with Crippen molar-refractivity contribution in [2.75, 3.05) is 0 Å². The van der Waals surface area contributed by atoms with Crippen LogP contribution in [0.5, 0.6) is 0 Å². The van der Waals surface area contributed by atoms with Gasteiger partial charge in [0.15, 0.2) is 0 Å². The van der Waals surface area contributed by atoms with Crippen molar-refractivity contribution in [3.63, 3.8) is 0 Å². The number of alkyl halides is 2. The van der Waals surface area contributed by atoms with E-state index in [4.69, 9.17) is 5.11 Å². The topological polar surface area (TPSA) is 50.2 Å². The Kier molecular flexibility index (Phi) is 3.15. The van der Waals surface area contributed by atoms with Crippen molar-refractivity contribution in [1.82, 2.24) is 4.98 Å². The molecule has 0 aliphatic carbocycles. The van der Waals surface area contributed by atoms with E-state index in [1.807, 2.05) is 0 Å². The maximum absolute atomic E-state index is 12.5. The van der Waals surface area contributed by atoms with Crippen LogP contribution < -0.4 is 0 Å². The second kappa shape index (κ2) is 4.00. The van der Waals surface area contributed by atoms with E-state index in [-0.39, 0.29) is 10.2 Å². The largest absolute Gasteiger partial charge is 0.478 e. The van der Waals surface area contributed by atoms with Crippen LogP contribution in [0.2, 0.25) is 0 Å². The molecule has 0 aliphatic rings. The maximum atomic E-state index is 12.5. The molecular weight excluding hydrogens is 260 g/mol. The number of hydrogen-bond acceptors (Lipinski definition) is 2. The summed E-state index contributed by atoms with van der Waals surface area (Å²) in [7, 11) is 0. The summed E-state index contributed by atoms with van der Waals surface area (Å²) in [5.74, 6) is -1.40. The quantitative estimate of drug-likeness (QED) is 0.895. The molecule has 1 heterocycles. The molecule has 0 saturated carbocycles. The summed E-state index contributed by atoms with van der Waals surface area (Å²) < 4.78 is 25.0. The van der Waals surface area contributed by atoms with Crippen molar-refractivity contribution in [2.24, 2.45) is 0 Å². The van der Waals surface area contributed by atoms with E-state index in [1.54, 1.807) is 0 Å². The lowest BCUT2D eigenvalue weighted by Gasteiger charge is -2.09. The van der Waals surface area contributed by atoms with Gasteiger partial charge in [0.2, 0.25) is 0 Å². The number of halogens is 3. The number of rotatable bonds is 2. The second-order valence-electron chi connectivity index (χ2n) is 2.59. The Labute approximate surface area is 86.9 Å². The van der Waals surface area contributed by atoms with Gasteiger partial charge in [-0.05, 0) is 22.9 Å². The summed E-state index contributed by atoms with van der Waals surface area (Å²) in [6.07, 6.45) is -1.67. The highest BCUT2D eigenvalue weighted by molar-refractivity contribution is 9.10. The fraction of sp³-hybridized carbons (Fsp3) is 0.250. The predicted molar refractivity (Wildman–Crippen MR) is 48.6 cm³/mol. The third-order valence-electron chi connectivity index (χ3n) is 1.69. The van der Waals surface area contributed by atoms with Crippen molar-refractivity contribution in [3.8, 4) is 0 Å². The van der Waals surface area contributed by atoms with Crippen molar-refractivity contribution in [3.05, 3.63) is 27.5 Å². The Hall–Kier alpha value is -1.04. The molecule has 76 valence electrons. The van der Waals surface area contributed by atoms with Gasteiger partial charge in [0, 0.05) is 16.2 Å². The zero-order valence-corrected chi connectivity index (χ0v) is 8.68. The van der Waals surface area contributed by atoms with Crippen molar-refractivity contribution < 1.29 is 18.7 Å². The van der Waals surface area contributed by atoms with Crippen LogP contribution in [0, 0.1) is 6.92 Å². The molecule has 1 aromatic rings. The smallest absolute Gasteiger partial charge is 0.338 e. The summed E-state index contributed by atoms with van der Waals surface area (Å²) in [5.41, 5.74) is -0.879. The second-order valence-corrected chi connectivity index (χ2v) is 3.44. The van der Waals surface area contributed by atoms with Crippen LogP contribution in [0.15, 0.2) is 10.7 Å². The SMILES string of the molecule is Cc1ncc(Br)c(C(F)F)c1C(=O)O. The predicted octanol–water partition coefficient (Wildman–Crippen LogP) is 2.79. The number of hydrogen-bond donors (Lipinski definition) is 1. The van der Waals surface area contributed by atoms with E-state index >= 15 is 0 Å². The summed E-state index contributed by atoms with van der Waals surface area (Å²) >= 11 is 2.84. The molecule has 0 atom stereocenters. The number of nitrogens with zero attached hydrogens (tertiary/aromatic N) is 1. The Balaban J connectivity index is 3.50. The van der Waals surface area contributed by atoms with Crippen LogP contribution in [0.4, 0.5) is 8.78 Å². The average molecular weight is 266 g/mol. The Morgan fingerprint density at radius 1 is 1.64 bits per heavy atom. The number of aromatic carboxylic acids is 1. The number of carbonyl (C=O) groups is 1. The van der Waals surface area contributed by atoms with E-state index in [9.17, 15) is 13.6 Å². The maximum Gasteiger partial charge on any atom is 0.338 e. The third-order valence-corrected chi connectivity index (χ3v) is 2.32. The molecule has 0 aliphatic heterocycles. The van der Waals surface area contributed by atoms with Crippen molar-refractivity contribution in [1.29, 1.82) is 0 Å². The Morgan fingerprint density at radius 2 is 2.21 bits per heavy atom. The molecule has 0 radical (unpaired) electrons. The fourth-order valence-electron chi connectivity index (χ4n) is 1.09. The molecule has 1 N–H and O–H groups in total. The molecule has 0 fully saturated rings. The lowest BCUT2D eigenvalue weighted by molar-refractivity contribution is 0.0682. The van der Waals surface area contributed by atoms with Crippen LogP contribution in [0.25, 0.3) is 0 Å². The van der Waals surface area contributed by atoms with Crippen LogP contribution in [-0.2, 0) is 0 Å². The van der Waals surface area contributed by atoms with E-state index in [0.29, 0.717) is 0 Å². The molecule has 1 rings (SSSR count). The first-order valence-electron chi connectivity index (χ1n) is 3.61. The normalized spacial score (nSPS) is 10.6. The molecule has 0 spiro atoms. The highest BCUT2D eigenvalue weighted by Gasteiger charge is 2.23. The molecule has 0 bridgehead atoms.